The fraction of sp³-hybridized carbons (Fsp3) is 0.531. The number of amides is 1. The van der Waals surface area contributed by atoms with Gasteiger partial charge in [-0.1, -0.05) is 68.8 Å². The summed E-state index contributed by atoms with van der Waals surface area (Å²) >= 11 is 0. The molecule has 1 saturated heterocycles. The van der Waals surface area contributed by atoms with E-state index in [1.807, 2.05) is 24.3 Å². The summed E-state index contributed by atoms with van der Waals surface area (Å²) in [5.41, 5.74) is 2.77. The zero-order valence-corrected chi connectivity index (χ0v) is 23.4. The Kier molecular flexibility index (Phi) is 9.47. The molecule has 3 heterocycles. The van der Waals surface area contributed by atoms with Gasteiger partial charge < -0.3 is 14.2 Å². The van der Waals surface area contributed by atoms with Crippen molar-refractivity contribution >= 4 is 22.8 Å². The number of carbonyl (C=O) groups is 2. The summed E-state index contributed by atoms with van der Waals surface area (Å²) < 4.78 is 24.8. The highest BCUT2D eigenvalue weighted by atomic mass is 19.1. The quantitative estimate of drug-likeness (QED) is 0.169. The minimum Gasteiger partial charge on any atom is -0.437 e. The Balaban J connectivity index is 1.13. The minimum atomic E-state index is -0.666. The van der Waals surface area contributed by atoms with Gasteiger partial charge in [-0.05, 0) is 50.6 Å². The fourth-order valence-electron chi connectivity index (χ4n) is 6.00. The Morgan fingerprint density at radius 2 is 1.77 bits per heavy atom. The molecular formula is C32H40FN3O4. The van der Waals surface area contributed by atoms with Gasteiger partial charge in [-0.3, -0.25) is 14.5 Å². The maximum Gasteiger partial charge on any atom is 0.307 e. The lowest BCUT2D eigenvalue weighted by molar-refractivity contribution is -0.157. The second kappa shape index (κ2) is 13.4. The monoisotopic (exact) mass is 549 g/mol. The number of piperidine rings is 1. The van der Waals surface area contributed by atoms with Crippen LogP contribution in [0.1, 0.15) is 105 Å². The topological polar surface area (TPSA) is 75.9 Å². The highest BCUT2D eigenvalue weighted by Crippen LogP contribution is 2.36. The average molecular weight is 550 g/mol. The van der Waals surface area contributed by atoms with Gasteiger partial charge in [0.05, 0.1) is 5.69 Å². The minimum absolute atomic E-state index is 0.0829. The molecule has 0 saturated carbocycles. The van der Waals surface area contributed by atoms with Crippen molar-refractivity contribution in [2.45, 2.75) is 83.3 Å². The number of benzene rings is 2. The lowest BCUT2D eigenvalue weighted by Crippen LogP contribution is -2.41. The zero-order valence-electron chi connectivity index (χ0n) is 23.4. The molecule has 0 spiro atoms. The molecule has 1 fully saturated rings. The highest BCUT2D eigenvalue weighted by molar-refractivity contribution is 5.99. The van der Waals surface area contributed by atoms with Gasteiger partial charge in [0.15, 0.2) is 5.58 Å². The number of fused-ring (bicyclic) bond motifs is 2. The third kappa shape index (κ3) is 6.54. The summed E-state index contributed by atoms with van der Waals surface area (Å²) in [6.07, 6.45) is 9.49. The van der Waals surface area contributed by atoms with Gasteiger partial charge in [-0.25, -0.2) is 4.39 Å². The standard InChI is InChI=1S/C32H40FN3O4/c1-2-3-4-5-6-7-8-13-29(37)39-32-26-12-10-9-11-25(26)31(38)36(32)21-20-35-18-16-23(17-19-35)30-27-15-14-24(33)22-28(27)40-34-30/h9-12,14-15,22-23,32H,2-8,13,16-21H2,1H3. The number of esters is 1. The number of ether oxygens (including phenoxy) is 1. The Bertz CT molecular complexity index is 1300. The van der Waals surface area contributed by atoms with Crippen molar-refractivity contribution in [3.8, 4) is 0 Å². The largest absolute Gasteiger partial charge is 0.437 e. The van der Waals surface area contributed by atoms with Crippen molar-refractivity contribution in [3.05, 3.63) is 65.1 Å². The molecule has 1 aromatic heterocycles. The Labute approximate surface area is 235 Å². The van der Waals surface area contributed by atoms with Crippen LogP contribution in [0.15, 0.2) is 47.0 Å². The summed E-state index contributed by atoms with van der Waals surface area (Å²) in [4.78, 5) is 30.1. The van der Waals surface area contributed by atoms with Crippen molar-refractivity contribution in [2.24, 2.45) is 0 Å². The number of hydrogen-bond donors (Lipinski definition) is 0. The van der Waals surface area contributed by atoms with E-state index in [4.69, 9.17) is 9.26 Å². The highest BCUT2D eigenvalue weighted by Gasteiger charge is 2.39. The van der Waals surface area contributed by atoms with Crippen molar-refractivity contribution in [1.82, 2.24) is 15.0 Å². The normalized spacial score (nSPS) is 18.0. The third-order valence-electron chi connectivity index (χ3n) is 8.32. The molecule has 1 amide bonds. The van der Waals surface area contributed by atoms with E-state index in [1.165, 1.54) is 37.8 Å². The molecule has 3 aromatic rings. The molecule has 0 radical (unpaired) electrons. The second-order valence-electron chi connectivity index (χ2n) is 11.1. The first kappa shape index (κ1) is 28.3. The number of aromatic nitrogens is 1. The van der Waals surface area contributed by atoms with Crippen LogP contribution in [0.4, 0.5) is 4.39 Å². The molecule has 0 bridgehead atoms. The van der Waals surface area contributed by atoms with Crippen LogP contribution >= 0.6 is 0 Å². The van der Waals surface area contributed by atoms with E-state index in [1.54, 1.807) is 11.0 Å². The van der Waals surface area contributed by atoms with Crippen LogP contribution in [0.2, 0.25) is 0 Å². The lowest BCUT2D eigenvalue weighted by Gasteiger charge is -2.33. The number of halogens is 1. The maximum absolute atomic E-state index is 13.5. The van der Waals surface area contributed by atoms with Crippen molar-refractivity contribution in [1.29, 1.82) is 0 Å². The summed E-state index contributed by atoms with van der Waals surface area (Å²) in [5.74, 6) is -0.402. The van der Waals surface area contributed by atoms with Crippen molar-refractivity contribution < 1.29 is 23.2 Å². The summed E-state index contributed by atoms with van der Waals surface area (Å²) in [7, 11) is 0. The van der Waals surface area contributed by atoms with Gasteiger partial charge in [0, 0.05) is 48.0 Å². The molecule has 0 N–H and O–H groups in total. The van der Waals surface area contributed by atoms with Gasteiger partial charge in [-0.15, -0.1) is 0 Å². The van der Waals surface area contributed by atoms with Gasteiger partial charge in [0.25, 0.3) is 5.91 Å². The first-order chi connectivity index (χ1) is 19.5. The van der Waals surface area contributed by atoms with Crippen LogP contribution in [0, 0.1) is 5.82 Å². The van der Waals surface area contributed by atoms with E-state index in [2.05, 4.69) is 17.0 Å². The molecule has 2 aromatic carbocycles. The first-order valence-corrected chi connectivity index (χ1v) is 14.9. The Morgan fingerprint density at radius 3 is 2.58 bits per heavy atom. The van der Waals surface area contributed by atoms with Crippen LogP contribution in [-0.2, 0) is 9.53 Å². The van der Waals surface area contributed by atoms with Crippen molar-refractivity contribution in [2.75, 3.05) is 26.2 Å². The van der Waals surface area contributed by atoms with Crippen LogP contribution in [-0.4, -0.2) is 53.0 Å². The molecule has 8 heteroatoms. The van der Waals surface area contributed by atoms with E-state index in [0.717, 1.165) is 61.8 Å². The van der Waals surface area contributed by atoms with Crippen LogP contribution in [0.25, 0.3) is 11.0 Å². The number of unbranched alkanes of at least 4 members (excludes halogenated alkanes) is 6. The molecule has 2 aliphatic heterocycles. The zero-order chi connectivity index (χ0) is 27.9. The smallest absolute Gasteiger partial charge is 0.307 e. The van der Waals surface area contributed by atoms with E-state index >= 15 is 0 Å². The molecule has 7 nitrogen and oxygen atoms in total. The molecule has 5 rings (SSSR count). The number of rotatable bonds is 13. The summed E-state index contributed by atoms with van der Waals surface area (Å²) in [6.45, 7) is 5.11. The lowest BCUT2D eigenvalue weighted by atomic mass is 9.91. The molecule has 1 atom stereocenters. The first-order valence-electron chi connectivity index (χ1n) is 14.9. The molecule has 2 aliphatic rings. The molecule has 1 unspecified atom stereocenters. The van der Waals surface area contributed by atoms with E-state index in [-0.39, 0.29) is 23.6 Å². The predicted molar refractivity (Wildman–Crippen MR) is 151 cm³/mol. The van der Waals surface area contributed by atoms with Gasteiger partial charge in [-0.2, -0.15) is 0 Å². The number of nitrogens with zero attached hydrogens (tertiary/aromatic N) is 3. The maximum atomic E-state index is 13.5. The van der Waals surface area contributed by atoms with E-state index in [0.29, 0.717) is 30.7 Å². The number of carbonyl (C=O) groups excluding carboxylic acids is 2. The summed E-state index contributed by atoms with van der Waals surface area (Å²) in [5, 5.41) is 5.12. The predicted octanol–water partition coefficient (Wildman–Crippen LogP) is 6.98. The third-order valence-corrected chi connectivity index (χ3v) is 8.32. The fourth-order valence-corrected chi connectivity index (χ4v) is 6.00. The number of hydrogen-bond acceptors (Lipinski definition) is 6. The SMILES string of the molecule is CCCCCCCCCC(=O)OC1c2ccccc2C(=O)N1CCN1CCC(c2noc3cc(F)ccc23)CC1. The molecule has 214 valence electrons. The molecule has 0 aliphatic carbocycles. The average Bonchev–Trinajstić information content (AvgIpc) is 3.50. The number of likely N-dealkylation sites (tertiary alicyclic amines) is 1. The van der Waals surface area contributed by atoms with Crippen LogP contribution < -0.4 is 0 Å². The summed E-state index contributed by atoms with van der Waals surface area (Å²) in [6, 6.07) is 12.0. The van der Waals surface area contributed by atoms with E-state index < -0.39 is 6.23 Å². The van der Waals surface area contributed by atoms with Gasteiger partial charge >= 0.3 is 5.97 Å². The Morgan fingerprint density at radius 1 is 1.02 bits per heavy atom. The van der Waals surface area contributed by atoms with Gasteiger partial charge in [0.2, 0.25) is 6.23 Å². The van der Waals surface area contributed by atoms with Crippen LogP contribution in [0.5, 0.6) is 0 Å². The van der Waals surface area contributed by atoms with Crippen LogP contribution in [0.3, 0.4) is 0 Å². The van der Waals surface area contributed by atoms with E-state index in [9.17, 15) is 14.0 Å². The van der Waals surface area contributed by atoms with Gasteiger partial charge in [0.1, 0.15) is 5.82 Å². The second-order valence-corrected chi connectivity index (χ2v) is 11.1. The Hall–Kier alpha value is -3.26. The molecule has 40 heavy (non-hydrogen) atoms. The van der Waals surface area contributed by atoms with Crippen molar-refractivity contribution in [3.63, 3.8) is 0 Å². The molecular weight excluding hydrogens is 509 g/mol.